The monoisotopic (exact) mass is 315 g/mol. The number of aromatic nitrogens is 2. The number of hydrogen-bond donors (Lipinski definition) is 1. The number of hydrogen-bond acceptors (Lipinski definition) is 4. The molecule has 0 fully saturated rings. The van der Waals surface area contributed by atoms with Gasteiger partial charge in [-0.15, -0.1) is 0 Å². The highest BCUT2D eigenvalue weighted by Gasteiger charge is 2.26. The average molecular weight is 315 g/mol. The highest BCUT2D eigenvalue weighted by atomic mass is 32.2. The molecule has 6 heteroatoms. The van der Waals surface area contributed by atoms with Crippen molar-refractivity contribution in [3.05, 3.63) is 52.4 Å². The molecule has 2 aromatic rings. The first-order valence-electron chi connectivity index (χ1n) is 7.27. The minimum atomic E-state index is -0.130. The van der Waals surface area contributed by atoms with Crippen LogP contribution >= 0.6 is 11.8 Å². The van der Waals surface area contributed by atoms with Crippen molar-refractivity contribution in [3.8, 4) is 0 Å². The molecule has 1 atom stereocenters. The third kappa shape index (κ3) is 2.92. The Morgan fingerprint density at radius 2 is 2.23 bits per heavy atom. The van der Waals surface area contributed by atoms with Gasteiger partial charge in [-0.25, -0.2) is 4.98 Å². The van der Waals surface area contributed by atoms with Gasteiger partial charge >= 0.3 is 0 Å². The van der Waals surface area contributed by atoms with Gasteiger partial charge in [0.15, 0.2) is 5.16 Å². The molecular formula is C16H17N3O2S. The number of amides is 1. The van der Waals surface area contributed by atoms with Crippen LogP contribution in [0.1, 0.15) is 24.9 Å². The first-order chi connectivity index (χ1) is 10.7. The summed E-state index contributed by atoms with van der Waals surface area (Å²) in [6, 6.07) is 9.09. The molecule has 0 spiro atoms. The maximum Gasteiger partial charge on any atom is 0.254 e. The normalized spacial score (nSPS) is 16.3. The largest absolute Gasteiger partial charge is 0.326 e. The van der Waals surface area contributed by atoms with E-state index in [1.165, 1.54) is 24.0 Å². The number of benzene rings is 1. The maximum atomic E-state index is 12.3. The molecule has 3 rings (SSSR count). The summed E-state index contributed by atoms with van der Waals surface area (Å²) in [7, 11) is 0. The Morgan fingerprint density at radius 3 is 3.05 bits per heavy atom. The fourth-order valence-corrected chi connectivity index (χ4v) is 3.73. The summed E-state index contributed by atoms with van der Waals surface area (Å²) < 4.78 is 1.62. The van der Waals surface area contributed by atoms with E-state index in [1.54, 1.807) is 4.57 Å². The van der Waals surface area contributed by atoms with Crippen LogP contribution in [0.25, 0.3) is 0 Å². The highest BCUT2D eigenvalue weighted by molar-refractivity contribution is 7.99. The van der Waals surface area contributed by atoms with Crippen molar-refractivity contribution in [1.82, 2.24) is 9.55 Å². The van der Waals surface area contributed by atoms with E-state index in [1.807, 2.05) is 24.3 Å². The van der Waals surface area contributed by atoms with Gasteiger partial charge in [0.2, 0.25) is 5.91 Å². The Morgan fingerprint density at radius 1 is 1.41 bits per heavy atom. The predicted molar refractivity (Wildman–Crippen MR) is 87.3 cm³/mol. The van der Waals surface area contributed by atoms with Crippen molar-refractivity contribution in [2.75, 3.05) is 11.1 Å². The minimum Gasteiger partial charge on any atom is -0.326 e. The SMILES string of the molecule is CCc1ccccc1NC(=O)CC1CSc2nccc(=O)n21. The molecule has 0 bridgehead atoms. The molecule has 1 amide bonds. The number of thioether (sulfide) groups is 1. The van der Waals surface area contributed by atoms with Gasteiger partial charge in [-0.1, -0.05) is 36.9 Å². The molecule has 1 aliphatic rings. The topological polar surface area (TPSA) is 64.0 Å². The molecule has 0 radical (unpaired) electrons. The third-order valence-corrected chi connectivity index (χ3v) is 4.82. The Balaban J connectivity index is 1.73. The Hall–Kier alpha value is -2.08. The summed E-state index contributed by atoms with van der Waals surface area (Å²) in [6.07, 6.45) is 2.66. The number of nitrogens with zero attached hydrogens (tertiary/aromatic N) is 2. The second-order valence-corrected chi connectivity index (χ2v) is 6.15. The summed E-state index contributed by atoms with van der Waals surface area (Å²) in [5.74, 6) is 0.629. The molecule has 114 valence electrons. The molecule has 1 aromatic carbocycles. The summed E-state index contributed by atoms with van der Waals surface area (Å²) in [6.45, 7) is 2.06. The van der Waals surface area contributed by atoms with Crippen LogP contribution in [0.2, 0.25) is 0 Å². The van der Waals surface area contributed by atoms with E-state index in [2.05, 4.69) is 17.2 Å². The lowest BCUT2D eigenvalue weighted by molar-refractivity contribution is -0.116. The Bertz CT molecular complexity index is 757. The molecule has 1 aromatic heterocycles. The van der Waals surface area contributed by atoms with Crippen molar-refractivity contribution in [2.24, 2.45) is 0 Å². The van der Waals surface area contributed by atoms with E-state index in [4.69, 9.17) is 0 Å². The lowest BCUT2D eigenvalue weighted by Crippen LogP contribution is -2.27. The average Bonchev–Trinajstić information content (AvgIpc) is 2.92. The van der Waals surface area contributed by atoms with E-state index in [0.29, 0.717) is 10.9 Å². The van der Waals surface area contributed by atoms with Gasteiger partial charge in [0, 0.05) is 30.1 Å². The zero-order chi connectivity index (χ0) is 15.5. The van der Waals surface area contributed by atoms with Crippen LogP contribution in [0.15, 0.2) is 46.5 Å². The van der Waals surface area contributed by atoms with E-state index < -0.39 is 0 Å². The van der Waals surface area contributed by atoms with Gasteiger partial charge in [0.05, 0.1) is 6.04 Å². The van der Waals surface area contributed by atoms with Crippen molar-refractivity contribution in [1.29, 1.82) is 0 Å². The maximum absolute atomic E-state index is 12.3. The van der Waals surface area contributed by atoms with E-state index in [-0.39, 0.29) is 23.9 Å². The van der Waals surface area contributed by atoms with Crippen LogP contribution in [0, 0.1) is 0 Å². The zero-order valence-electron chi connectivity index (χ0n) is 12.3. The highest BCUT2D eigenvalue weighted by Crippen LogP contribution is 2.31. The molecule has 0 aliphatic carbocycles. The van der Waals surface area contributed by atoms with Gasteiger partial charge in [0.1, 0.15) is 0 Å². The second-order valence-electron chi connectivity index (χ2n) is 5.16. The van der Waals surface area contributed by atoms with Gasteiger partial charge < -0.3 is 5.32 Å². The summed E-state index contributed by atoms with van der Waals surface area (Å²) in [4.78, 5) is 28.4. The molecule has 0 saturated carbocycles. The van der Waals surface area contributed by atoms with E-state index in [9.17, 15) is 9.59 Å². The number of rotatable bonds is 4. The van der Waals surface area contributed by atoms with Crippen molar-refractivity contribution in [3.63, 3.8) is 0 Å². The smallest absolute Gasteiger partial charge is 0.254 e. The van der Waals surface area contributed by atoms with Crippen LogP contribution in [0.4, 0.5) is 5.69 Å². The quantitative estimate of drug-likeness (QED) is 0.880. The lowest BCUT2D eigenvalue weighted by atomic mass is 10.1. The molecule has 1 N–H and O–H groups in total. The van der Waals surface area contributed by atoms with Crippen molar-refractivity contribution in [2.45, 2.75) is 31.0 Å². The summed E-state index contributed by atoms with van der Waals surface area (Å²) in [5, 5.41) is 3.65. The van der Waals surface area contributed by atoms with Crippen LogP contribution in [-0.4, -0.2) is 21.2 Å². The number of fused-ring (bicyclic) bond motifs is 1. The van der Waals surface area contributed by atoms with Gasteiger partial charge in [-0.2, -0.15) is 0 Å². The van der Waals surface area contributed by atoms with Crippen LogP contribution in [0.5, 0.6) is 0 Å². The first-order valence-corrected chi connectivity index (χ1v) is 8.25. The third-order valence-electron chi connectivity index (χ3n) is 3.71. The van der Waals surface area contributed by atoms with Crippen LogP contribution < -0.4 is 10.9 Å². The number of aryl methyl sites for hydroxylation is 1. The fraction of sp³-hybridized carbons (Fsp3) is 0.312. The molecule has 0 saturated heterocycles. The van der Waals surface area contributed by atoms with E-state index in [0.717, 1.165) is 17.7 Å². The Kier molecular flexibility index (Phi) is 4.29. The Labute approximate surface area is 132 Å². The van der Waals surface area contributed by atoms with E-state index >= 15 is 0 Å². The lowest BCUT2D eigenvalue weighted by Gasteiger charge is -2.14. The number of nitrogens with one attached hydrogen (secondary N) is 1. The molecule has 1 unspecified atom stereocenters. The molecule has 5 nitrogen and oxygen atoms in total. The first kappa shape index (κ1) is 14.8. The standard InChI is InChI=1S/C16H17N3O2S/c1-2-11-5-3-4-6-13(11)18-14(20)9-12-10-22-16-17-8-7-15(21)19(12)16/h3-8,12H,2,9-10H2,1H3,(H,18,20). The van der Waals surface area contributed by atoms with Crippen molar-refractivity contribution >= 4 is 23.4 Å². The minimum absolute atomic E-state index is 0.0740. The van der Waals surface area contributed by atoms with Crippen LogP contribution in [-0.2, 0) is 11.2 Å². The second kappa shape index (κ2) is 6.36. The van der Waals surface area contributed by atoms with Gasteiger partial charge in [-0.3, -0.25) is 14.2 Å². The number of para-hydroxylation sites is 1. The molecular weight excluding hydrogens is 298 g/mol. The van der Waals surface area contributed by atoms with Gasteiger partial charge in [-0.05, 0) is 18.1 Å². The molecule has 1 aliphatic heterocycles. The molecule has 22 heavy (non-hydrogen) atoms. The zero-order valence-corrected chi connectivity index (χ0v) is 13.1. The predicted octanol–water partition coefficient (Wildman–Crippen LogP) is 2.48. The fourth-order valence-electron chi connectivity index (χ4n) is 2.61. The van der Waals surface area contributed by atoms with Crippen molar-refractivity contribution < 1.29 is 4.79 Å². The van der Waals surface area contributed by atoms with Crippen LogP contribution in [0.3, 0.4) is 0 Å². The number of carbonyl (C=O) groups excluding carboxylic acids is 1. The number of carbonyl (C=O) groups is 1. The van der Waals surface area contributed by atoms with Gasteiger partial charge in [0.25, 0.3) is 5.56 Å². The summed E-state index contributed by atoms with van der Waals surface area (Å²) in [5.41, 5.74) is 1.86. The molecule has 2 heterocycles. The number of anilines is 1. The summed E-state index contributed by atoms with van der Waals surface area (Å²) >= 11 is 1.52.